The molecule has 1 aromatic carbocycles. The van der Waals surface area contributed by atoms with Crippen molar-refractivity contribution in [1.29, 1.82) is 0 Å². The van der Waals surface area contributed by atoms with Gasteiger partial charge in [-0.1, -0.05) is 6.07 Å². The van der Waals surface area contributed by atoms with Crippen LogP contribution in [0.5, 0.6) is 5.75 Å². The number of aromatic nitrogens is 1. The van der Waals surface area contributed by atoms with Crippen molar-refractivity contribution in [3.05, 3.63) is 30.0 Å². The van der Waals surface area contributed by atoms with Crippen LogP contribution >= 0.6 is 0 Å². The predicted molar refractivity (Wildman–Crippen MR) is 71.2 cm³/mol. The number of benzene rings is 1. The third-order valence-corrected chi connectivity index (χ3v) is 3.09. The van der Waals surface area contributed by atoms with Crippen LogP contribution < -0.4 is 5.73 Å². The molecule has 0 unspecified atom stereocenters. The van der Waals surface area contributed by atoms with Gasteiger partial charge in [-0.2, -0.15) is 0 Å². The molecule has 0 aliphatic rings. The topological polar surface area (TPSA) is 51.2 Å². The average Bonchev–Trinajstić information content (AvgIpc) is 2.57. The highest BCUT2D eigenvalue weighted by atomic mass is 16.3. The molecular weight excluding hydrogens is 212 g/mol. The van der Waals surface area contributed by atoms with E-state index in [9.17, 15) is 5.11 Å². The van der Waals surface area contributed by atoms with E-state index in [1.807, 2.05) is 26.0 Å². The van der Waals surface area contributed by atoms with Crippen molar-refractivity contribution in [2.24, 2.45) is 5.73 Å². The maximum atomic E-state index is 10.0. The van der Waals surface area contributed by atoms with Crippen molar-refractivity contribution >= 4 is 10.9 Å². The van der Waals surface area contributed by atoms with E-state index in [1.54, 1.807) is 6.07 Å². The Morgan fingerprint density at radius 2 is 1.94 bits per heavy atom. The van der Waals surface area contributed by atoms with Crippen LogP contribution in [0.4, 0.5) is 0 Å². The Bertz CT molecular complexity index is 547. The Labute approximate surface area is 102 Å². The van der Waals surface area contributed by atoms with Crippen molar-refractivity contribution in [2.75, 3.05) is 0 Å². The Morgan fingerprint density at radius 1 is 1.29 bits per heavy atom. The number of aromatic hydroxyl groups is 1. The predicted octanol–water partition coefficient (Wildman–Crippen LogP) is 3.12. The molecule has 0 radical (unpaired) electrons. The minimum absolute atomic E-state index is 0.301. The molecule has 0 aliphatic heterocycles. The number of rotatable bonds is 2. The lowest BCUT2D eigenvalue weighted by Crippen LogP contribution is -2.28. The normalized spacial score (nSPS) is 12.6. The minimum Gasteiger partial charge on any atom is -0.507 e. The molecular formula is C14H20N2O. The summed E-state index contributed by atoms with van der Waals surface area (Å²) in [6.45, 7) is 8.16. The first kappa shape index (κ1) is 12.0. The lowest BCUT2D eigenvalue weighted by atomic mass is 9.95. The molecule has 0 bridgehead atoms. The SMILES string of the molecule is CC(C)n1cc(C(C)(C)N)c2c(O)cccc21. The van der Waals surface area contributed by atoms with E-state index in [0.29, 0.717) is 11.8 Å². The Balaban J connectivity index is 2.86. The summed E-state index contributed by atoms with van der Waals surface area (Å²) in [6.07, 6.45) is 2.05. The van der Waals surface area contributed by atoms with E-state index in [4.69, 9.17) is 5.73 Å². The number of hydrogen-bond acceptors (Lipinski definition) is 2. The van der Waals surface area contributed by atoms with E-state index in [2.05, 4.69) is 24.6 Å². The molecule has 0 fully saturated rings. The first-order valence-electron chi connectivity index (χ1n) is 5.94. The summed E-state index contributed by atoms with van der Waals surface area (Å²) in [6, 6.07) is 5.94. The molecule has 1 aromatic heterocycles. The molecule has 0 atom stereocenters. The number of nitrogens with two attached hydrogens (primary N) is 1. The molecule has 0 saturated carbocycles. The van der Waals surface area contributed by atoms with Gasteiger partial charge in [0.1, 0.15) is 5.75 Å². The highest BCUT2D eigenvalue weighted by molar-refractivity contribution is 5.90. The number of phenolic OH excluding ortho intramolecular Hbond substituents is 1. The molecule has 0 saturated heterocycles. The number of fused-ring (bicyclic) bond motifs is 1. The van der Waals surface area contributed by atoms with Gasteiger partial charge in [0.25, 0.3) is 0 Å². The summed E-state index contributed by atoms with van der Waals surface area (Å²) < 4.78 is 2.15. The molecule has 0 amide bonds. The summed E-state index contributed by atoms with van der Waals surface area (Å²) in [5.41, 5.74) is 7.74. The van der Waals surface area contributed by atoms with Crippen LogP contribution in [-0.2, 0) is 5.54 Å². The van der Waals surface area contributed by atoms with Crippen LogP contribution in [0.25, 0.3) is 10.9 Å². The van der Waals surface area contributed by atoms with Crippen molar-refractivity contribution in [3.8, 4) is 5.75 Å². The fourth-order valence-corrected chi connectivity index (χ4v) is 2.21. The van der Waals surface area contributed by atoms with Crippen LogP contribution in [0.15, 0.2) is 24.4 Å². The van der Waals surface area contributed by atoms with Crippen molar-refractivity contribution in [1.82, 2.24) is 4.57 Å². The zero-order valence-electron chi connectivity index (χ0n) is 10.9. The summed E-state index contributed by atoms with van der Waals surface area (Å²) in [5.74, 6) is 0.301. The summed E-state index contributed by atoms with van der Waals surface area (Å²) in [7, 11) is 0. The van der Waals surface area contributed by atoms with E-state index in [-0.39, 0.29) is 0 Å². The van der Waals surface area contributed by atoms with Gasteiger partial charge < -0.3 is 15.4 Å². The number of hydrogen-bond donors (Lipinski definition) is 2. The second-order valence-electron chi connectivity index (χ2n) is 5.44. The van der Waals surface area contributed by atoms with Gasteiger partial charge in [-0.15, -0.1) is 0 Å². The molecule has 1 heterocycles. The fraction of sp³-hybridized carbons (Fsp3) is 0.429. The van der Waals surface area contributed by atoms with Gasteiger partial charge in [0, 0.05) is 28.7 Å². The molecule has 0 spiro atoms. The first-order chi connectivity index (χ1) is 7.82. The van der Waals surface area contributed by atoms with E-state index in [1.165, 1.54) is 0 Å². The smallest absolute Gasteiger partial charge is 0.125 e. The second kappa shape index (κ2) is 3.77. The molecule has 17 heavy (non-hydrogen) atoms. The number of nitrogens with zero attached hydrogens (tertiary/aromatic N) is 1. The van der Waals surface area contributed by atoms with Gasteiger partial charge in [-0.3, -0.25) is 0 Å². The van der Waals surface area contributed by atoms with Gasteiger partial charge in [0.15, 0.2) is 0 Å². The van der Waals surface area contributed by atoms with Gasteiger partial charge in [0.2, 0.25) is 0 Å². The molecule has 92 valence electrons. The molecule has 2 rings (SSSR count). The van der Waals surface area contributed by atoms with Crippen LogP contribution in [0.2, 0.25) is 0 Å². The van der Waals surface area contributed by atoms with Crippen molar-refractivity contribution in [2.45, 2.75) is 39.3 Å². The van der Waals surface area contributed by atoms with Gasteiger partial charge in [-0.05, 0) is 39.8 Å². The quantitative estimate of drug-likeness (QED) is 0.835. The Kier molecular flexibility index (Phi) is 2.66. The third-order valence-electron chi connectivity index (χ3n) is 3.09. The number of phenols is 1. The van der Waals surface area contributed by atoms with Crippen LogP contribution in [0.3, 0.4) is 0 Å². The summed E-state index contributed by atoms with van der Waals surface area (Å²) in [5, 5.41) is 10.9. The summed E-state index contributed by atoms with van der Waals surface area (Å²) in [4.78, 5) is 0. The zero-order valence-corrected chi connectivity index (χ0v) is 10.9. The second-order valence-corrected chi connectivity index (χ2v) is 5.44. The lowest BCUT2D eigenvalue weighted by molar-refractivity contribution is 0.479. The molecule has 3 N–H and O–H groups in total. The monoisotopic (exact) mass is 232 g/mol. The summed E-state index contributed by atoms with van der Waals surface area (Å²) >= 11 is 0. The highest BCUT2D eigenvalue weighted by Gasteiger charge is 2.23. The molecule has 3 heteroatoms. The van der Waals surface area contributed by atoms with Gasteiger partial charge in [0.05, 0.1) is 5.52 Å². The molecule has 0 aliphatic carbocycles. The van der Waals surface area contributed by atoms with Crippen LogP contribution in [-0.4, -0.2) is 9.67 Å². The van der Waals surface area contributed by atoms with Crippen LogP contribution in [0.1, 0.15) is 39.3 Å². The van der Waals surface area contributed by atoms with Gasteiger partial charge in [-0.25, -0.2) is 0 Å². The molecule has 3 nitrogen and oxygen atoms in total. The maximum Gasteiger partial charge on any atom is 0.125 e. The van der Waals surface area contributed by atoms with Crippen LogP contribution in [0, 0.1) is 0 Å². The third kappa shape index (κ3) is 1.91. The standard InChI is InChI=1S/C14H20N2O/c1-9(2)16-8-10(14(3,4)15)13-11(16)6-5-7-12(13)17/h5-9,17H,15H2,1-4H3. The highest BCUT2D eigenvalue weighted by Crippen LogP contribution is 2.36. The Hall–Kier alpha value is -1.48. The first-order valence-corrected chi connectivity index (χ1v) is 5.94. The Morgan fingerprint density at radius 3 is 2.47 bits per heavy atom. The van der Waals surface area contributed by atoms with Crippen molar-refractivity contribution in [3.63, 3.8) is 0 Å². The van der Waals surface area contributed by atoms with E-state index >= 15 is 0 Å². The van der Waals surface area contributed by atoms with Gasteiger partial charge >= 0.3 is 0 Å². The molecule has 2 aromatic rings. The minimum atomic E-state index is -0.461. The largest absolute Gasteiger partial charge is 0.507 e. The fourth-order valence-electron chi connectivity index (χ4n) is 2.21. The average molecular weight is 232 g/mol. The van der Waals surface area contributed by atoms with Crippen molar-refractivity contribution < 1.29 is 5.11 Å². The lowest BCUT2D eigenvalue weighted by Gasteiger charge is -2.18. The zero-order chi connectivity index (χ0) is 12.8. The van der Waals surface area contributed by atoms with E-state index < -0.39 is 5.54 Å². The maximum absolute atomic E-state index is 10.0. The van der Waals surface area contributed by atoms with E-state index in [0.717, 1.165) is 16.5 Å².